The van der Waals surface area contributed by atoms with Crippen LogP contribution in [0.25, 0.3) is 11.0 Å². The van der Waals surface area contributed by atoms with Crippen molar-refractivity contribution in [1.29, 1.82) is 0 Å². The summed E-state index contributed by atoms with van der Waals surface area (Å²) >= 11 is 0. The SMILES string of the molecule is O=c1[nH]c(=O)c2cn[nH]c2[nH]1.[H-].[H-].[Mg+2]. The standard InChI is InChI=1S/C5H4N4O2.Mg.2H/c10-4-2-1-6-9-3(2)7-5(11)8-4;;;/h1H,(H3,6,7,8,9,10,11);;;/q;+2;2*-1. The molecule has 0 saturated heterocycles. The summed E-state index contributed by atoms with van der Waals surface area (Å²) in [5.74, 6) is 0. The Kier molecular flexibility index (Phi) is 2.34. The average molecular weight is 178 g/mol. The first-order valence-electron chi connectivity index (χ1n) is 2.93. The quantitative estimate of drug-likeness (QED) is 0.442. The van der Waals surface area contributed by atoms with E-state index in [9.17, 15) is 9.59 Å². The van der Waals surface area contributed by atoms with Crippen molar-refractivity contribution in [3.63, 3.8) is 0 Å². The predicted octanol–water partition coefficient (Wildman–Crippen LogP) is -1.22. The van der Waals surface area contributed by atoms with Gasteiger partial charge in [0.05, 0.1) is 6.20 Å². The van der Waals surface area contributed by atoms with Gasteiger partial charge in [0.15, 0.2) is 0 Å². The number of nitrogens with zero attached hydrogens (tertiary/aromatic N) is 1. The molecule has 0 unspecified atom stereocenters. The molecule has 0 atom stereocenters. The molecule has 60 valence electrons. The number of fused-ring (bicyclic) bond motifs is 1. The van der Waals surface area contributed by atoms with Gasteiger partial charge in [0.1, 0.15) is 11.0 Å². The van der Waals surface area contributed by atoms with E-state index in [1.54, 1.807) is 0 Å². The molecule has 2 heterocycles. The third-order valence-electron chi connectivity index (χ3n) is 1.35. The second kappa shape index (κ2) is 3.11. The molecule has 2 rings (SSSR count). The van der Waals surface area contributed by atoms with Crippen LogP contribution in [0, 0.1) is 0 Å². The van der Waals surface area contributed by atoms with E-state index in [2.05, 4.69) is 20.2 Å². The van der Waals surface area contributed by atoms with Crippen molar-refractivity contribution in [1.82, 2.24) is 20.2 Å². The van der Waals surface area contributed by atoms with Gasteiger partial charge in [-0.3, -0.25) is 19.9 Å². The summed E-state index contributed by atoms with van der Waals surface area (Å²) in [6.45, 7) is 0. The normalized spacial score (nSPS) is 9.67. The molecule has 12 heavy (non-hydrogen) atoms. The Morgan fingerprint density at radius 2 is 2.08 bits per heavy atom. The first kappa shape index (κ1) is 9.01. The van der Waals surface area contributed by atoms with E-state index in [1.807, 2.05) is 0 Å². The van der Waals surface area contributed by atoms with Crippen LogP contribution in [-0.4, -0.2) is 43.2 Å². The van der Waals surface area contributed by atoms with E-state index in [-0.39, 0.29) is 25.9 Å². The van der Waals surface area contributed by atoms with E-state index in [1.165, 1.54) is 6.20 Å². The van der Waals surface area contributed by atoms with Gasteiger partial charge < -0.3 is 2.85 Å². The first-order chi connectivity index (χ1) is 5.27. The summed E-state index contributed by atoms with van der Waals surface area (Å²) in [7, 11) is 0. The van der Waals surface area contributed by atoms with E-state index in [0.29, 0.717) is 11.0 Å². The van der Waals surface area contributed by atoms with E-state index >= 15 is 0 Å². The molecule has 2 aromatic heterocycles. The van der Waals surface area contributed by atoms with Crippen LogP contribution in [0.3, 0.4) is 0 Å². The van der Waals surface area contributed by atoms with Crippen molar-refractivity contribution in [2.24, 2.45) is 0 Å². The van der Waals surface area contributed by atoms with Gasteiger partial charge in [-0.05, 0) is 0 Å². The van der Waals surface area contributed by atoms with Crippen LogP contribution >= 0.6 is 0 Å². The number of nitrogens with one attached hydrogen (secondary N) is 3. The topological polar surface area (TPSA) is 94.4 Å². The third kappa shape index (κ3) is 1.28. The number of hydrogen-bond acceptors (Lipinski definition) is 3. The number of rotatable bonds is 0. The van der Waals surface area contributed by atoms with Crippen molar-refractivity contribution in [2.75, 3.05) is 0 Å². The van der Waals surface area contributed by atoms with Crippen molar-refractivity contribution < 1.29 is 2.85 Å². The molecular weight excluding hydrogens is 172 g/mol. The fourth-order valence-corrected chi connectivity index (χ4v) is 0.869. The summed E-state index contributed by atoms with van der Waals surface area (Å²) in [5, 5.41) is 6.42. The van der Waals surface area contributed by atoms with Gasteiger partial charge in [0, 0.05) is 0 Å². The van der Waals surface area contributed by atoms with E-state index in [4.69, 9.17) is 0 Å². The third-order valence-corrected chi connectivity index (χ3v) is 1.35. The van der Waals surface area contributed by atoms with Crippen molar-refractivity contribution in [3.05, 3.63) is 27.0 Å². The Morgan fingerprint density at radius 1 is 1.33 bits per heavy atom. The molecule has 0 bridgehead atoms. The zero-order valence-electron chi connectivity index (χ0n) is 8.05. The van der Waals surface area contributed by atoms with Gasteiger partial charge in [-0.2, -0.15) is 5.10 Å². The van der Waals surface area contributed by atoms with Crippen LogP contribution in [0.15, 0.2) is 15.8 Å². The van der Waals surface area contributed by atoms with Gasteiger partial charge in [-0.1, -0.05) is 0 Å². The molecule has 0 aliphatic carbocycles. The molecule has 7 heteroatoms. The predicted molar refractivity (Wildman–Crippen MR) is 45.3 cm³/mol. The van der Waals surface area contributed by atoms with Gasteiger partial charge in [0.25, 0.3) is 5.56 Å². The van der Waals surface area contributed by atoms with Crippen molar-refractivity contribution in [2.45, 2.75) is 0 Å². The maximum atomic E-state index is 10.9. The molecule has 0 radical (unpaired) electrons. The monoisotopic (exact) mass is 178 g/mol. The van der Waals surface area contributed by atoms with Crippen molar-refractivity contribution in [3.8, 4) is 0 Å². The van der Waals surface area contributed by atoms with Gasteiger partial charge in [-0.25, -0.2) is 4.79 Å². The summed E-state index contributed by atoms with van der Waals surface area (Å²) in [6.07, 6.45) is 1.35. The Balaban J connectivity index is 0. The molecule has 0 saturated carbocycles. The Hall–Kier alpha value is -1.08. The molecule has 0 aliphatic rings. The summed E-state index contributed by atoms with van der Waals surface area (Å²) in [6, 6.07) is 0. The second-order valence-electron chi connectivity index (χ2n) is 2.07. The molecule has 3 N–H and O–H groups in total. The molecule has 0 aromatic carbocycles. The minimum absolute atomic E-state index is 0. The van der Waals surface area contributed by atoms with Crippen LogP contribution in [0.4, 0.5) is 0 Å². The zero-order valence-corrected chi connectivity index (χ0v) is 7.46. The smallest absolute Gasteiger partial charge is 1.00 e. The fourth-order valence-electron chi connectivity index (χ4n) is 0.869. The van der Waals surface area contributed by atoms with Crippen molar-refractivity contribution >= 4 is 34.1 Å². The molecule has 2 aromatic rings. The first-order valence-corrected chi connectivity index (χ1v) is 2.93. The number of H-pyrrole nitrogens is 3. The Bertz CT molecular complexity index is 504. The zero-order chi connectivity index (χ0) is 7.84. The van der Waals surface area contributed by atoms with E-state index < -0.39 is 11.2 Å². The van der Waals surface area contributed by atoms with Crippen LogP contribution < -0.4 is 11.2 Å². The van der Waals surface area contributed by atoms with E-state index in [0.717, 1.165) is 0 Å². The van der Waals surface area contributed by atoms with Crippen LogP contribution in [0.2, 0.25) is 0 Å². The minimum Gasteiger partial charge on any atom is -1.00 e. The average Bonchev–Trinajstić information content (AvgIpc) is 2.34. The maximum absolute atomic E-state index is 10.9. The number of aromatic amines is 3. The molecule has 6 nitrogen and oxygen atoms in total. The molecule has 0 aliphatic heterocycles. The Labute approximate surface area is 84.5 Å². The second-order valence-corrected chi connectivity index (χ2v) is 2.07. The largest absolute Gasteiger partial charge is 2.00 e. The molecular formula is C5H6MgN4O2. The van der Waals surface area contributed by atoms with Gasteiger partial charge in [-0.15, -0.1) is 0 Å². The maximum Gasteiger partial charge on any atom is 2.00 e. The number of aromatic nitrogens is 4. The molecule has 0 amide bonds. The van der Waals surface area contributed by atoms with Crippen LogP contribution in [0.5, 0.6) is 0 Å². The fraction of sp³-hybridized carbons (Fsp3) is 0. The minimum atomic E-state index is -0.535. The Morgan fingerprint density at radius 3 is 2.83 bits per heavy atom. The summed E-state index contributed by atoms with van der Waals surface area (Å²) in [5.41, 5.74) is -0.622. The molecule has 0 fully saturated rings. The van der Waals surface area contributed by atoms with Crippen LogP contribution in [0.1, 0.15) is 2.85 Å². The molecule has 0 spiro atoms. The van der Waals surface area contributed by atoms with Crippen LogP contribution in [-0.2, 0) is 0 Å². The van der Waals surface area contributed by atoms with Gasteiger partial charge >= 0.3 is 28.7 Å². The summed E-state index contributed by atoms with van der Waals surface area (Å²) < 4.78 is 0. The van der Waals surface area contributed by atoms with Gasteiger partial charge in [0.2, 0.25) is 0 Å². The number of hydrogen-bond donors (Lipinski definition) is 3. The summed E-state index contributed by atoms with van der Waals surface area (Å²) in [4.78, 5) is 26.0.